The minimum absolute atomic E-state index is 0.681. The van der Waals surface area contributed by atoms with Crippen LogP contribution in [-0.4, -0.2) is 54.6 Å². The number of halogens is 3. The lowest BCUT2D eigenvalue weighted by Gasteiger charge is -2.31. The van der Waals surface area contributed by atoms with Gasteiger partial charge in [0.25, 0.3) is 0 Å². The molecule has 0 saturated carbocycles. The highest BCUT2D eigenvalue weighted by Gasteiger charge is 2.44. The SMILES string of the molecule is CCCCN1CCC(c2cc3ccc(OCC)cc3[nH]2)CC1.O=S(=O)(O)C(F)(F)F. The minimum atomic E-state index is -5.84. The van der Waals surface area contributed by atoms with Crippen LogP contribution in [0.5, 0.6) is 5.75 Å². The van der Waals surface area contributed by atoms with Gasteiger partial charge in [0.2, 0.25) is 0 Å². The summed E-state index contributed by atoms with van der Waals surface area (Å²) < 4.78 is 63.1. The lowest BCUT2D eigenvalue weighted by Crippen LogP contribution is -2.33. The van der Waals surface area contributed by atoms with Crippen LogP contribution in [0.3, 0.4) is 0 Å². The number of benzene rings is 1. The molecule has 10 heteroatoms. The number of ether oxygens (including phenoxy) is 1. The van der Waals surface area contributed by atoms with Crippen LogP contribution < -0.4 is 4.74 Å². The second kappa shape index (κ2) is 10.5. The third-order valence-corrected chi connectivity index (χ3v) is 5.66. The number of nitrogens with zero attached hydrogens (tertiary/aromatic N) is 1. The predicted molar refractivity (Wildman–Crippen MR) is 110 cm³/mol. The zero-order valence-electron chi connectivity index (χ0n) is 17.2. The molecule has 0 spiro atoms. The van der Waals surface area contributed by atoms with E-state index in [-0.39, 0.29) is 0 Å². The molecule has 1 aromatic heterocycles. The Hall–Kier alpha value is -1.78. The van der Waals surface area contributed by atoms with Gasteiger partial charge in [-0.3, -0.25) is 4.55 Å². The fourth-order valence-corrected chi connectivity index (χ4v) is 3.45. The molecule has 2 heterocycles. The van der Waals surface area contributed by atoms with Gasteiger partial charge in [-0.15, -0.1) is 0 Å². The standard InChI is InChI=1S/C19H28N2O.CHF3O3S/c1-3-5-10-21-11-8-15(9-12-21)18-13-16-6-7-17(22-4-2)14-19(16)20-18;2-1(3,4)8(5,6)7/h6-7,13-15,20H,3-5,8-12H2,1-2H3;(H,5,6,7). The zero-order valence-corrected chi connectivity index (χ0v) is 18.0. The molecule has 1 aliphatic rings. The number of fused-ring (bicyclic) bond motifs is 1. The summed E-state index contributed by atoms with van der Waals surface area (Å²) in [6.07, 6.45) is 5.17. The first-order valence-corrected chi connectivity index (χ1v) is 11.5. The maximum atomic E-state index is 10.7. The van der Waals surface area contributed by atoms with Gasteiger partial charge in [-0.1, -0.05) is 13.3 Å². The lowest BCUT2D eigenvalue weighted by molar-refractivity contribution is -0.0510. The highest BCUT2D eigenvalue weighted by molar-refractivity contribution is 7.86. The van der Waals surface area contributed by atoms with Crippen molar-refractivity contribution < 1.29 is 30.9 Å². The molecule has 6 nitrogen and oxygen atoms in total. The van der Waals surface area contributed by atoms with Crippen LogP contribution in [-0.2, 0) is 10.1 Å². The second-order valence-electron chi connectivity index (χ2n) is 7.30. The van der Waals surface area contributed by atoms with E-state index in [4.69, 9.17) is 17.7 Å². The van der Waals surface area contributed by atoms with Crippen molar-refractivity contribution in [2.24, 2.45) is 0 Å². The molecule has 2 aromatic rings. The summed E-state index contributed by atoms with van der Waals surface area (Å²) in [6, 6.07) is 8.68. The van der Waals surface area contributed by atoms with Crippen LogP contribution in [0.2, 0.25) is 0 Å². The molecule has 30 heavy (non-hydrogen) atoms. The van der Waals surface area contributed by atoms with Crippen LogP contribution in [0.1, 0.15) is 51.1 Å². The fourth-order valence-electron chi connectivity index (χ4n) is 3.45. The van der Waals surface area contributed by atoms with E-state index in [0.29, 0.717) is 5.92 Å². The Morgan fingerprint density at radius 3 is 2.37 bits per heavy atom. The number of aromatic amines is 1. The number of hydrogen-bond donors (Lipinski definition) is 2. The molecular formula is C20H29F3N2O4S. The quantitative estimate of drug-likeness (QED) is 0.481. The van der Waals surface area contributed by atoms with Gasteiger partial charge in [0.05, 0.1) is 6.61 Å². The van der Waals surface area contributed by atoms with Gasteiger partial charge in [-0.25, -0.2) is 0 Å². The first-order chi connectivity index (χ1) is 14.0. The molecule has 3 rings (SSSR count). The Labute approximate surface area is 175 Å². The lowest BCUT2D eigenvalue weighted by atomic mass is 9.93. The largest absolute Gasteiger partial charge is 0.522 e. The van der Waals surface area contributed by atoms with Crippen molar-refractivity contribution in [2.75, 3.05) is 26.2 Å². The summed E-state index contributed by atoms with van der Waals surface area (Å²) in [5.41, 5.74) is -2.93. The third-order valence-electron chi connectivity index (χ3n) is 5.07. The van der Waals surface area contributed by atoms with E-state index in [1.54, 1.807) is 0 Å². The Balaban J connectivity index is 0.000000343. The summed E-state index contributed by atoms with van der Waals surface area (Å²) in [4.78, 5) is 6.24. The van der Waals surface area contributed by atoms with Gasteiger partial charge < -0.3 is 14.6 Å². The van der Waals surface area contributed by atoms with Gasteiger partial charge in [0.15, 0.2) is 0 Å². The molecule has 2 N–H and O–H groups in total. The smallest absolute Gasteiger partial charge is 0.494 e. The molecule has 0 aliphatic carbocycles. The van der Waals surface area contributed by atoms with Crippen molar-refractivity contribution in [3.63, 3.8) is 0 Å². The topological polar surface area (TPSA) is 82.6 Å². The first kappa shape index (κ1) is 24.5. The van der Waals surface area contributed by atoms with Crippen LogP contribution in [0.4, 0.5) is 13.2 Å². The van der Waals surface area contributed by atoms with Crippen LogP contribution >= 0.6 is 0 Å². The molecule has 0 bridgehead atoms. The number of piperidine rings is 1. The Morgan fingerprint density at radius 1 is 1.20 bits per heavy atom. The number of aromatic nitrogens is 1. The number of H-pyrrole nitrogens is 1. The number of nitrogens with one attached hydrogen (secondary N) is 1. The average molecular weight is 451 g/mol. The van der Waals surface area contributed by atoms with E-state index in [1.807, 2.05) is 6.92 Å². The Kier molecular flexibility index (Phi) is 8.57. The van der Waals surface area contributed by atoms with Gasteiger partial charge in [-0.05, 0) is 69.4 Å². The van der Waals surface area contributed by atoms with E-state index in [2.05, 4.69) is 41.1 Å². The number of alkyl halides is 3. The summed E-state index contributed by atoms with van der Waals surface area (Å²) in [6.45, 7) is 8.77. The van der Waals surface area contributed by atoms with E-state index < -0.39 is 15.6 Å². The molecule has 1 saturated heterocycles. The number of likely N-dealkylation sites (tertiary alicyclic amines) is 1. The molecule has 1 aromatic carbocycles. The minimum Gasteiger partial charge on any atom is -0.494 e. The Bertz CT molecular complexity index is 904. The zero-order chi connectivity index (χ0) is 22.4. The van der Waals surface area contributed by atoms with E-state index >= 15 is 0 Å². The highest BCUT2D eigenvalue weighted by Crippen LogP contribution is 2.31. The number of hydrogen-bond acceptors (Lipinski definition) is 4. The van der Waals surface area contributed by atoms with Gasteiger partial charge in [-0.2, -0.15) is 21.6 Å². The normalized spacial score (nSPS) is 16.3. The van der Waals surface area contributed by atoms with Crippen LogP contribution in [0.25, 0.3) is 10.9 Å². The maximum Gasteiger partial charge on any atom is 0.522 e. The fraction of sp³-hybridized carbons (Fsp3) is 0.600. The molecule has 0 atom stereocenters. The second-order valence-corrected chi connectivity index (χ2v) is 8.71. The van der Waals surface area contributed by atoms with Gasteiger partial charge in [0.1, 0.15) is 5.75 Å². The highest BCUT2D eigenvalue weighted by atomic mass is 32.2. The van der Waals surface area contributed by atoms with Crippen molar-refractivity contribution in [3.05, 3.63) is 30.0 Å². The van der Waals surface area contributed by atoms with Gasteiger partial charge in [0, 0.05) is 23.2 Å². The summed E-state index contributed by atoms with van der Waals surface area (Å²) in [5.74, 6) is 1.64. The molecule has 0 radical (unpaired) electrons. The van der Waals surface area contributed by atoms with Crippen molar-refractivity contribution in [3.8, 4) is 5.75 Å². The monoisotopic (exact) mass is 450 g/mol. The number of unbranched alkanes of at least 4 members (excludes halogenated alkanes) is 1. The molecule has 0 amide bonds. The van der Waals surface area contributed by atoms with E-state index in [1.165, 1.54) is 61.9 Å². The molecule has 170 valence electrons. The van der Waals surface area contributed by atoms with E-state index in [9.17, 15) is 13.2 Å². The predicted octanol–water partition coefficient (Wildman–Crippen LogP) is 4.94. The maximum absolute atomic E-state index is 10.7. The summed E-state index contributed by atoms with van der Waals surface area (Å²) >= 11 is 0. The van der Waals surface area contributed by atoms with Crippen molar-refractivity contribution in [1.29, 1.82) is 0 Å². The third kappa shape index (κ3) is 6.88. The van der Waals surface area contributed by atoms with Gasteiger partial charge >= 0.3 is 15.6 Å². The molecular weight excluding hydrogens is 421 g/mol. The van der Waals surface area contributed by atoms with E-state index in [0.717, 1.165) is 12.4 Å². The molecule has 1 aliphatic heterocycles. The summed E-state index contributed by atoms with van der Waals surface area (Å²) in [5, 5.41) is 1.30. The van der Waals surface area contributed by atoms with Crippen LogP contribution in [0, 0.1) is 0 Å². The van der Waals surface area contributed by atoms with Crippen molar-refractivity contribution >= 4 is 21.0 Å². The Morgan fingerprint density at radius 2 is 1.83 bits per heavy atom. The van der Waals surface area contributed by atoms with Crippen LogP contribution in [0.15, 0.2) is 24.3 Å². The average Bonchev–Trinajstić information content (AvgIpc) is 3.09. The summed E-state index contributed by atoms with van der Waals surface area (Å²) in [7, 11) is -5.84. The molecule has 0 unspecified atom stereocenters. The van der Waals surface area contributed by atoms with Crippen molar-refractivity contribution in [2.45, 2.75) is 51.0 Å². The number of rotatable bonds is 6. The van der Waals surface area contributed by atoms with Crippen molar-refractivity contribution in [1.82, 2.24) is 9.88 Å². The molecule has 1 fully saturated rings. The first-order valence-electron chi connectivity index (χ1n) is 10.1.